The van der Waals surface area contributed by atoms with Crippen molar-refractivity contribution in [2.45, 2.75) is 26.8 Å². The Hall–Kier alpha value is -2.61. The molecule has 0 saturated heterocycles. The minimum Gasteiger partial charge on any atom is -0.461 e. The number of carbonyl (C=O) groups is 1. The molecule has 1 aromatic carbocycles. The number of aromatic nitrogens is 2. The van der Waals surface area contributed by atoms with Crippen LogP contribution in [-0.4, -0.2) is 22.4 Å². The standard InChI is InChI=1S/C16H17N3O2/c1-3-14-9-15(16(20)21-4-2)19(18-14)11-13-7-5-6-12(8-13)10-17/h5-9H,3-4,11H2,1-2H3. The summed E-state index contributed by atoms with van der Waals surface area (Å²) in [4.78, 5) is 12.0. The Morgan fingerprint density at radius 3 is 2.86 bits per heavy atom. The molecule has 0 amide bonds. The molecule has 1 aromatic heterocycles. The van der Waals surface area contributed by atoms with E-state index in [0.29, 0.717) is 24.4 Å². The summed E-state index contributed by atoms with van der Waals surface area (Å²) in [5, 5.41) is 13.4. The first-order chi connectivity index (χ1) is 10.2. The number of esters is 1. The lowest BCUT2D eigenvalue weighted by atomic mass is 10.1. The molecular formula is C16H17N3O2. The van der Waals surface area contributed by atoms with Crippen LogP contribution in [0.25, 0.3) is 0 Å². The molecule has 0 fully saturated rings. The van der Waals surface area contributed by atoms with Crippen LogP contribution in [0.1, 0.15) is 41.2 Å². The second-order valence-corrected chi connectivity index (χ2v) is 4.56. The highest BCUT2D eigenvalue weighted by Crippen LogP contribution is 2.12. The summed E-state index contributed by atoms with van der Waals surface area (Å²) in [5.74, 6) is -0.374. The summed E-state index contributed by atoms with van der Waals surface area (Å²) < 4.78 is 6.69. The maximum Gasteiger partial charge on any atom is 0.356 e. The fraction of sp³-hybridized carbons (Fsp3) is 0.312. The lowest BCUT2D eigenvalue weighted by Gasteiger charge is -2.07. The molecule has 0 N–H and O–H groups in total. The second-order valence-electron chi connectivity index (χ2n) is 4.56. The average Bonchev–Trinajstić information content (AvgIpc) is 2.91. The Kier molecular flexibility index (Phi) is 4.72. The lowest BCUT2D eigenvalue weighted by molar-refractivity contribution is 0.0512. The third-order valence-electron chi connectivity index (χ3n) is 3.07. The molecule has 0 bridgehead atoms. The van der Waals surface area contributed by atoms with E-state index in [4.69, 9.17) is 10.00 Å². The van der Waals surface area contributed by atoms with Gasteiger partial charge in [-0.2, -0.15) is 10.4 Å². The number of aryl methyl sites for hydroxylation is 1. The Bertz CT molecular complexity index is 683. The predicted molar refractivity (Wildman–Crippen MR) is 77.8 cm³/mol. The number of hydrogen-bond acceptors (Lipinski definition) is 4. The van der Waals surface area contributed by atoms with Crippen molar-refractivity contribution < 1.29 is 9.53 Å². The van der Waals surface area contributed by atoms with Crippen molar-refractivity contribution in [3.8, 4) is 6.07 Å². The van der Waals surface area contributed by atoms with Crippen LogP contribution in [0, 0.1) is 11.3 Å². The number of ether oxygens (including phenoxy) is 1. The highest BCUT2D eigenvalue weighted by Gasteiger charge is 2.16. The van der Waals surface area contributed by atoms with Crippen LogP contribution in [-0.2, 0) is 17.7 Å². The topological polar surface area (TPSA) is 67.9 Å². The average molecular weight is 283 g/mol. The fourth-order valence-corrected chi connectivity index (χ4v) is 2.04. The van der Waals surface area contributed by atoms with Crippen molar-refractivity contribution in [1.82, 2.24) is 9.78 Å². The number of rotatable bonds is 5. The van der Waals surface area contributed by atoms with Crippen LogP contribution in [0.4, 0.5) is 0 Å². The van der Waals surface area contributed by atoms with Crippen molar-refractivity contribution in [2.75, 3.05) is 6.61 Å². The molecule has 0 unspecified atom stereocenters. The molecule has 0 atom stereocenters. The molecule has 0 aliphatic carbocycles. The smallest absolute Gasteiger partial charge is 0.356 e. The summed E-state index contributed by atoms with van der Waals surface area (Å²) in [7, 11) is 0. The van der Waals surface area contributed by atoms with Crippen LogP contribution in [0.5, 0.6) is 0 Å². The van der Waals surface area contributed by atoms with Crippen molar-refractivity contribution in [3.05, 3.63) is 52.8 Å². The molecule has 2 aromatic rings. The Morgan fingerprint density at radius 2 is 2.19 bits per heavy atom. The first kappa shape index (κ1) is 14.8. The monoisotopic (exact) mass is 283 g/mol. The fourth-order valence-electron chi connectivity index (χ4n) is 2.04. The first-order valence-corrected chi connectivity index (χ1v) is 6.90. The van der Waals surface area contributed by atoms with Crippen LogP contribution in [0.15, 0.2) is 30.3 Å². The van der Waals surface area contributed by atoms with E-state index in [1.54, 1.807) is 29.8 Å². The van der Waals surface area contributed by atoms with Gasteiger partial charge in [-0.15, -0.1) is 0 Å². The maximum absolute atomic E-state index is 12.0. The van der Waals surface area contributed by atoms with E-state index in [0.717, 1.165) is 17.7 Å². The van der Waals surface area contributed by atoms with Gasteiger partial charge in [0.2, 0.25) is 0 Å². The van der Waals surface area contributed by atoms with Gasteiger partial charge in [-0.3, -0.25) is 4.68 Å². The Morgan fingerprint density at radius 1 is 1.38 bits per heavy atom. The molecule has 0 aliphatic heterocycles. The minimum absolute atomic E-state index is 0.329. The summed E-state index contributed by atoms with van der Waals surface area (Å²) in [6.45, 7) is 4.52. The van der Waals surface area contributed by atoms with E-state index in [1.807, 2.05) is 19.1 Å². The van der Waals surface area contributed by atoms with Crippen molar-refractivity contribution >= 4 is 5.97 Å². The van der Waals surface area contributed by atoms with E-state index >= 15 is 0 Å². The quantitative estimate of drug-likeness (QED) is 0.791. The molecular weight excluding hydrogens is 266 g/mol. The summed E-state index contributed by atoms with van der Waals surface area (Å²) in [6, 6.07) is 11.1. The number of nitriles is 1. The minimum atomic E-state index is -0.374. The Balaban J connectivity index is 2.32. The zero-order valence-electron chi connectivity index (χ0n) is 12.2. The highest BCUT2D eigenvalue weighted by atomic mass is 16.5. The van der Waals surface area contributed by atoms with Gasteiger partial charge < -0.3 is 4.74 Å². The number of carbonyl (C=O) groups excluding carboxylic acids is 1. The molecule has 2 rings (SSSR count). The second kappa shape index (κ2) is 6.71. The van der Waals surface area contributed by atoms with Crippen LogP contribution < -0.4 is 0 Å². The van der Waals surface area contributed by atoms with E-state index in [9.17, 15) is 4.79 Å². The third-order valence-corrected chi connectivity index (χ3v) is 3.07. The first-order valence-electron chi connectivity index (χ1n) is 6.90. The van der Waals surface area contributed by atoms with Gasteiger partial charge in [-0.25, -0.2) is 4.79 Å². The molecule has 0 aliphatic rings. The summed E-state index contributed by atoms with van der Waals surface area (Å²) in [5.41, 5.74) is 2.80. The normalized spacial score (nSPS) is 10.1. The molecule has 5 nitrogen and oxygen atoms in total. The number of hydrogen-bond donors (Lipinski definition) is 0. The van der Waals surface area contributed by atoms with E-state index in [1.165, 1.54) is 0 Å². The zero-order valence-corrected chi connectivity index (χ0v) is 12.2. The van der Waals surface area contributed by atoms with E-state index < -0.39 is 0 Å². The third kappa shape index (κ3) is 3.48. The maximum atomic E-state index is 12.0. The molecule has 0 radical (unpaired) electrons. The molecule has 21 heavy (non-hydrogen) atoms. The molecule has 0 spiro atoms. The Labute approximate surface area is 123 Å². The van der Waals surface area contributed by atoms with Crippen molar-refractivity contribution in [2.24, 2.45) is 0 Å². The summed E-state index contributed by atoms with van der Waals surface area (Å²) in [6.07, 6.45) is 0.748. The van der Waals surface area contributed by atoms with Gasteiger partial charge in [-0.05, 0) is 37.1 Å². The van der Waals surface area contributed by atoms with Gasteiger partial charge in [0.25, 0.3) is 0 Å². The summed E-state index contributed by atoms with van der Waals surface area (Å²) >= 11 is 0. The van der Waals surface area contributed by atoms with Crippen LogP contribution in [0.3, 0.4) is 0 Å². The van der Waals surface area contributed by atoms with Gasteiger partial charge in [-0.1, -0.05) is 19.1 Å². The van der Waals surface area contributed by atoms with E-state index in [-0.39, 0.29) is 5.97 Å². The molecule has 0 saturated carbocycles. The SMILES string of the molecule is CCOC(=O)c1cc(CC)nn1Cc1cccc(C#N)c1. The lowest BCUT2D eigenvalue weighted by Crippen LogP contribution is -2.14. The van der Waals surface area contributed by atoms with Gasteiger partial charge in [0, 0.05) is 0 Å². The molecule has 108 valence electrons. The zero-order chi connectivity index (χ0) is 15.2. The van der Waals surface area contributed by atoms with Crippen LogP contribution >= 0.6 is 0 Å². The van der Waals surface area contributed by atoms with Gasteiger partial charge in [0.1, 0.15) is 5.69 Å². The highest BCUT2D eigenvalue weighted by molar-refractivity contribution is 5.87. The molecule has 1 heterocycles. The number of nitrogens with zero attached hydrogens (tertiary/aromatic N) is 3. The largest absolute Gasteiger partial charge is 0.461 e. The van der Waals surface area contributed by atoms with Crippen molar-refractivity contribution in [3.63, 3.8) is 0 Å². The number of benzene rings is 1. The predicted octanol–water partition coefficient (Wildman–Crippen LogP) is 2.54. The van der Waals surface area contributed by atoms with Crippen LogP contribution in [0.2, 0.25) is 0 Å². The van der Waals surface area contributed by atoms with Gasteiger partial charge in [0.15, 0.2) is 0 Å². The van der Waals surface area contributed by atoms with Gasteiger partial charge >= 0.3 is 5.97 Å². The molecule has 5 heteroatoms. The van der Waals surface area contributed by atoms with E-state index in [2.05, 4.69) is 11.2 Å². The van der Waals surface area contributed by atoms with Gasteiger partial charge in [0.05, 0.1) is 30.5 Å². The van der Waals surface area contributed by atoms with Crippen molar-refractivity contribution in [1.29, 1.82) is 5.26 Å².